The SMILES string of the molecule is Cc1cc(C(=O)COC(=O)CCCc2nc3ccccc3c(=O)[nH]2)c(C)n1-c1ccccc1. The topological polar surface area (TPSA) is 94.1 Å². The molecule has 0 aliphatic heterocycles. The van der Waals surface area contributed by atoms with Gasteiger partial charge in [0.25, 0.3) is 5.56 Å². The number of fused-ring (bicyclic) bond motifs is 1. The Kier molecular flexibility index (Phi) is 6.49. The van der Waals surface area contributed by atoms with Crippen molar-refractivity contribution in [1.29, 1.82) is 0 Å². The van der Waals surface area contributed by atoms with E-state index in [1.807, 2.05) is 60.9 Å². The Hall–Kier alpha value is -4.00. The zero-order chi connectivity index (χ0) is 23.4. The van der Waals surface area contributed by atoms with E-state index in [0.717, 1.165) is 17.1 Å². The molecule has 2 aromatic heterocycles. The predicted octanol–water partition coefficient (Wildman–Crippen LogP) is 4.08. The summed E-state index contributed by atoms with van der Waals surface area (Å²) in [5.41, 5.74) is 3.69. The summed E-state index contributed by atoms with van der Waals surface area (Å²) in [4.78, 5) is 44.1. The van der Waals surface area contributed by atoms with Crippen LogP contribution in [0, 0.1) is 13.8 Å². The van der Waals surface area contributed by atoms with Crippen molar-refractivity contribution in [2.24, 2.45) is 0 Å². The van der Waals surface area contributed by atoms with Gasteiger partial charge in [0.2, 0.25) is 5.78 Å². The molecule has 7 nitrogen and oxygen atoms in total. The van der Waals surface area contributed by atoms with Crippen molar-refractivity contribution in [1.82, 2.24) is 14.5 Å². The fourth-order valence-electron chi connectivity index (χ4n) is 3.97. The lowest BCUT2D eigenvalue weighted by atomic mass is 10.1. The van der Waals surface area contributed by atoms with Gasteiger partial charge in [0, 0.05) is 35.5 Å². The summed E-state index contributed by atoms with van der Waals surface area (Å²) in [6.45, 7) is 3.52. The first-order chi connectivity index (χ1) is 15.9. The van der Waals surface area contributed by atoms with Gasteiger partial charge in [-0.2, -0.15) is 0 Å². The van der Waals surface area contributed by atoms with Crippen LogP contribution in [-0.2, 0) is 16.0 Å². The summed E-state index contributed by atoms with van der Waals surface area (Å²) in [5.74, 6) is -0.168. The normalized spacial score (nSPS) is 11.0. The first kappa shape index (κ1) is 22.2. The van der Waals surface area contributed by atoms with E-state index in [1.54, 1.807) is 18.2 Å². The van der Waals surface area contributed by atoms with Crippen molar-refractivity contribution in [3.05, 3.63) is 93.8 Å². The lowest BCUT2D eigenvalue weighted by Gasteiger charge is -2.09. The van der Waals surface area contributed by atoms with E-state index in [4.69, 9.17) is 4.74 Å². The molecule has 2 aromatic carbocycles. The second-order valence-electron chi connectivity index (χ2n) is 7.92. The van der Waals surface area contributed by atoms with Gasteiger partial charge in [-0.1, -0.05) is 30.3 Å². The molecule has 0 radical (unpaired) electrons. The number of ketones is 1. The summed E-state index contributed by atoms with van der Waals surface area (Å²) in [7, 11) is 0. The van der Waals surface area contributed by atoms with Crippen molar-refractivity contribution >= 4 is 22.7 Å². The molecule has 0 unspecified atom stereocenters. The van der Waals surface area contributed by atoms with Gasteiger partial charge in [-0.3, -0.25) is 14.4 Å². The minimum atomic E-state index is -0.455. The summed E-state index contributed by atoms with van der Waals surface area (Å²) >= 11 is 0. The van der Waals surface area contributed by atoms with E-state index in [2.05, 4.69) is 9.97 Å². The van der Waals surface area contributed by atoms with Crippen LogP contribution in [0.2, 0.25) is 0 Å². The highest BCUT2D eigenvalue weighted by Gasteiger charge is 2.18. The van der Waals surface area contributed by atoms with Crippen LogP contribution in [0.5, 0.6) is 0 Å². The monoisotopic (exact) mass is 443 g/mol. The molecule has 0 saturated heterocycles. The lowest BCUT2D eigenvalue weighted by molar-refractivity contribution is -0.142. The number of hydrogen-bond donors (Lipinski definition) is 1. The Balaban J connectivity index is 1.31. The van der Waals surface area contributed by atoms with E-state index in [9.17, 15) is 14.4 Å². The minimum Gasteiger partial charge on any atom is -0.457 e. The van der Waals surface area contributed by atoms with Crippen LogP contribution in [0.15, 0.2) is 65.5 Å². The van der Waals surface area contributed by atoms with Crippen molar-refractivity contribution in [3.63, 3.8) is 0 Å². The largest absolute Gasteiger partial charge is 0.457 e. The number of esters is 1. The van der Waals surface area contributed by atoms with E-state index < -0.39 is 5.97 Å². The van der Waals surface area contributed by atoms with Gasteiger partial charge >= 0.3 is 5.97 Å². The number of H-pyrrole nitrogens is 1. The van der Waals surface area contributed by atoms with Crippen molar-refractivity contribution < 1.29 is 14.3 Å². The molecule has 0 bridgehead atoms. The summed E-state index contributed by atoms with van der Waals surface area (Å²) in [5, 5.41) is 0.533. The third-order valence-electron chi connectivity index (χ3n) is 5.57. The molecule has 0 spiro atoms. The zero-order valence-electron chi connectivity index (χ0n) is 18.6. The molecule has 168 valence electrons. The van der Waals surface area contributed by atoms with Gasteiger partial charge in [-0.05, 0) is 50.6 Å². The van der Waals surface area contributed by atoms with Gasteiger partial charge in [-0.15, -0.1) is 0 Å². The molecule has 0 saturated carbocycles. The Morgan fingerprint density at radius 1 is 1.03 bits per heavy atom. The first-order valence-electron chi connectivity index (χ1n) is 10.8. The van der Waals surface area contributed by atoms with Crippen molar-refractivity contribution in [3.8, 4) is 5.69 Å². The number of Topliss-reactive ketones (excluding diaryl/α,β-unsaturated/α-hetero) is 1. The Morgan fingerprint density at radius 3 is 2.55 bits per heavy atom. The summed E-state index contributed by atoms with van der Waals surface area (Å²) in [6, 6.07) is 18.7. The second-order valence-corrected chi connectivity index (χ2v) is 7.92. The maximum absolute atomic E-state index is 12.7. The number of aromatic nitrogens is 3. The average molecular weight is 444 g/mol. The van der Waals surface area contributed by atoms with Gasteiger partial charge in [-0.25, -0.2) is 4.98 Å². The second kappa shape index (κ2) is 9.65. The standard InChI is InChI=1S/C26H25N3O4/c1-17-15-21(18(2)29(17)19-9-4-3-5-10-19)23(30)16-33-25(31)14-8-13-24-27-22-12-7-6-11-20(22)26(32)28-24/h3-7,9-12,15H,8,13-14,16H2,1-2H3,(H,27,28,32). The van der Waals surface area contributed by atoms with Crippen LogP contribution in [0.3, 0.4) is 0 Å². The molecule has 0 fully saturated rings. The highest BCUT2D eigenvalue weighted by Crippen LogP contribution is 2.21. The molecular formula is C26H25N3O4. The molecule has 0 aliphatic carbocycles. The number of nitrogens with one attached hydrogen (secondary N) is 1. The summed E-state index contributed by atoms with van der Waals surface area (Å²) < 4.78 is 7.22. The quantitative estimate of drug-likeness (QED) is 0.327. The lowest BCUT2D eigenvalue weighted by Crippen LogP contribution is -2.15. The third kappa shape index (κ3) is 4.92. The number of nitrogens with zero attached hydrogens (tertiary/aromatic N) is 2. The molecular weight excluding hydrogens is 418 g/mol. The molecule has 0 aliphatic rings. The van der Waals surface area contributed by atoms with Crippen LogP contribution in [0.1, 0.15) is 40.4 Å². The number of carbonyl (C=O) groups excluding carboxylic acids is 2. The van der Waals surface area contributed by atoms with E-state index in [0.29, 0.717) is 35.1 Å². The molecule has 0 atom stereocenters. The molecule has 2 heterocycles. The van der Waals surface area contributed by atoms with Crippen molar-refractivity contribution in [2.75, 3.05) is 6.61 Å². The number of aromatic amines is 1. The average Bonchev–Trinajstić information content (AvgIpc) is 3.12. The number of para-hydroxylation sites is 2. The minimum absolute atomic E-state index is 0.132. The van der Waals surface area contributed by atoms with Gasteiger partial charge < -0.3 is 14.3 Å². The number of carbonyl (C=O) groups is 2. The molecule has 0 amide bonds. The fraction of sp³-hybridized carbons (Fsp3) is 0.231. The number of hydrogen-bond acceptors (Lipinski definition) is 5. The number of benzene rings is 2. The number of aryl methyl sites for hydroxylation is 2. The van der Waals surface area contributed by atoms with Crippen LogP contribution < -0.4 is 5.56 Å². The first-order valence-corrected chi connectivity index (χ1v) is 10.8. The maximum Gasteiger partial charge on any atom is 0.306 e. The molecule has 7 heteroatoms. The van der Waals surface area contributed by atoms with Crippen LogP contribution in [0.4, 0.5) is 0 Å². The van der Waals surface area contributed by atoms with Gasteiger partial charge in [0.15, 0.2) is 6.61 Å². The van der Waals surface area contributed by atoms with Gasteiger partial charge in [0.05, 0.1) is 10.9 Å². The predicted molar refractivity (Wildman–Crippen MR) is 126 cm³/mol. The van der Waals surface area contributed by atoms with Crippen LogP contribution in [-0.4, -0.2) is 32.9 Å². The van der Waals surface area contributed by atoms with Gasteiger partial charge in [0.1, 0.15) is 5.82 Å². The van der Waals surface area contributed by atoms with E-state index in [-0.39, 0.29) is 24.4 Å². The molecule has 1 N–H and O–H groups in total. The Morgan fingerprint density at radius 2 is 1.76 bits per heavy atom. The number of ether oxygens (including phenoxy) is 1. The zero-order valence-corrected chi connectivity index (χ0v) is 18.6. The number of rotatable bonds is 8. The Bertz CT molecular complexity index is 1370. The van der Waals surface area contributed by atoms with Crippen LogP contribution >= 0.6 is 0 Å². The fourth-order valence-corrected chi connectivity index (χ4v) is 3.97. The maximum atomic E-state index is 12.7. The molecule has 4 aromatic rings. The Labute approximate surface area is 191 Å². The van der Waals surface area contributed by atoms with E-state index >= 15 is 0 Å². The van der Waals surface area contributed by atoms with Crippen molar-refractivity contribution in [2.45, 2.75) is 33.1 Å². The highest BCUT2D eigenvalue weighted by molar-refractivity contribution is 5.99. The van der Waals surface area contributed by atoms with E-state index in [1.165, 1.54) is 0 Å². The molecule has 33 heavy (non-hydrogen) atoms. The smallest absolute Gasteiger partial charge is 0.306 e. The highest BCUT2D eigenvalue weighted by atomic mass is 16.5. The molecule has 4 rings (SSSR count). The van der Waals surface area contributed by atoms with Crippen LogP contribution in [0.25, 0.3) is 16.6 Å². The summed E-state index contributed by atoms with van der Waals surface area (Å²) in [6.07, 6.45) is 1.02. The third-order valence-corrected chi connectivity index (χ3v) is 5.57.